The highest BCUT2D eigenvalue weighted by molar-refractivity contribution is 6.31. The van der Waals surface area contributed by atoms with E-state index in [-0.39, 0.29) is 12.0 Å². The van der Waals surface area contributed by atoms with Crippen molar-refractivity contribution in [2.45, 2.75) is 44.6 Å². The van der Waals surface area contributed by atoms with Gasteiger partial charge >= 0.3 is 0 Å². The van der Waals surface area contributed by atoms with Gasteiger partial charge in [-0.05, 0) is 18.4 Å². The molecule has 1 aliphatic rings. The lowest BCUT2D eigenvalue weighted by Crippen LogP contribution is -2.29. The number of rotatable bonds is 7. The minimum atomic E-state index is -0.200. The third kappa shape index (κ3) is 5.01. The molecule has 1 atom stereocenters. The second-order valence-electron chi connectivity index (χ2n) is 5.74. The Labute approximate surface area is 132 Å². The van der Waals surface area contributed by atoms with Gasteiger partial charge in [0, 0.05) is 30.7 Å². The summed E-state index contributed by atoms with van der Waals surface area (Å²) in [5.41, 5.74) is 0.915. The molecule has 1 N–H and O–H groups in total. The molecule has 2 rings (SSSR count). The van der Waals surface area contributed by atoms with Crippen LogP contribution in [0.15, 0.2) is 24.3 Å². The van der Waals surface area contributed by atoms with Gasteiger partial charge in [-0.25, -0.2) is 0 Å². The van der Waals surface area contributed by atoms with Gasteiger partial charge in [0.25, 0.3) is 0 Å². The molecule has 1 aliphatic carbocycles. The van der Waals surface area contributed by atoms with Crippen molar-refractivity contribution in [2.75, 3.05) is 13.7 Å². The fraction of sp³-hybridized carbons (Fsp3) is 0.588. The summed E-state index contributed by atoms with van der Waals surface area (Å²) in [7, 11) is 1.64. The third-order valence-electron chi connectivity index (χ3n) is 4.28. The zero-order valence-corrected chi connectivity index (χ0v) is 13.4. The molecule has 3 nitrogen and oxygen atoms in total. The SMILES string of the molecule is COC(CNC(=O)CCC1CCCC1)c1ccccc1Cl. The Hall–Kier alpha value is -1.06. The first-order chi connectivity index (χ1) is 10.2. The molecule has 1 aromatic carbocycles. The summed E-state index contributed by atoms with van der Waals surface area (Å²) in [6.45, 7) is 0.462. The van der Waals surface area contributed by atoms with Crippen LogP contribution in [-0.2, 0) is 9.53 Å². The number of ether oxygens (including phenoxy) is 1. The Balaban J connectivity index is 1.77. The van der Waals surface area contributed by atoms with Crippen LogP contribution in [0.4, 0.5) is 0 Å². The zero-order chi connectivity index (χ0) is 15.1. The quantitative estimate of drug-likeness (QED) is 0.823. The van der Waals surface area contributed by atoms with Crippen LogP contribution in [0.2, 0.25) is 5.02 Å². The van der Waals surface area contributed by atoms with Crippen LogP contribution in [0, 0.1) is 5.92 Å². The maximum atomic E-state index is 11.9. The first kappa shape index (κ1) is 16.3. The third-order valence-corrected chi connectivity index (χ3v) is 4.62. The fourth-order valence-electron chi connectivity index (χ4n) is 2.99. The Morgan fingerprint density at radius 2 is 2.10 bits per heavy atom. The van der Waals surface area contributed by atoms with Crippen molar-refractivity contribution >= 4 is 17.5 Å². The van der Waals surface area contributed by atoms with Crippen molar-refractivity contribution in [3.05, 3.63) is 34.9 Å². The van der Waals surface area contributed by atoms with Crippen molar-refractivity contribution in [1.82, 2.24) is 5.32 Å². The molecule has 0 aliphatic heterocycles. The number of carbonyl (C=O) groups is 1. The van der Waals surface area contributed by atoms with Gasteiger partial charge in [0.1, 0.15) is 6.10 Å². The highest BCUT2D eigenvalue weighted by atomic mass is 35.5. The lowest BCUT2D eigenvalue weighted by Gasteiger charge is -2.18. The number of carbonyl (C=O) groups excluding carboxylic acids is 1. The predicted molar refractivity (Wildman–Crippen MR) is 85.4 cm³/mol. The van der Waals surface area contributed by atoms with E-state index in [0.717, 1.165) is 17.9 Å². The van der Waals surface area contributed by atoms with Crippen molar-refractivity contribution in [2.24, 2.45) is 5.92 Å². The van der Waals surface area contributed by atoms with Crippen LogP contribution < -0.4 is 5.32 Å². The maximum Gasteiger partial charge on any atom is 0.220 e. The van der Waals surface area contributed by atoms with Gasteiger partial charge < -0.3 is 10.1 Å². The molecule has 0 spiro atoms. The number of amides is 1. The molecule has 0 aromatic heterocycles. The summed E-state index contributed by atoms with van der Waals surface area (Å²) in [6.07, 6.45) is 6.64. The van der Waals surface area contributed by atoms with Crippen LogP contribution in [0.5, 0.6) is 0 Å². The van der Waals surface area contributed by atoms with Gasteiger partial charge in [0.15, 0.2) is 0 Å². The molecular weight excluding hydrogens is 286 g/mol. The standard InChI is InChI=1S/C17H24ClNO2/c1-21-16(14-8-4-5-9-15(14)18)12-19-17(20)11-10-13-6-2-3-7-13/h4-5,8-9,13,16H,2-3,6-7,10-12H2,1H3,(H,19,20). The summed E-state index contributed by atoms with van der Waals surface area (Å²) in [4.78, 5) is 11.9. The average Bonchev–Trinajstić information content (AvgIpc) is 3.01. The number of nitrogens with one attached hydrogen (secondary N) is 1. The van der Waals surface area contributed by atoms with E-state index in [1.165, 1.54) is 25.7 Å². The van der Waals surface area contributed by atoms with Crippen LogP contribution in [-0.4, -0.2) is 19.6 Å². The lowest BCUT2D eigenvalue weighted by atomic mass is 10.0. The van der Waals surface area contributed by atoms with E-state index in [1.54, 1.807) is 7.11 Å². The molecular formula is C17H24ClNO2. The zero-order valence-electron chi connectivity index (χ0n) is 12.6. The summed E-state index contributed by atoms with van der Waals surface area (Å²) >= 11 is 6.17. The van der Waals surface area contributed by atoms with Gasteiger partial charge in [-0.3, -0.25) is 4.79 Å². The summed E-state index contributed by atoms with van der Waals surface area (Å²) in [5.74, 6) is 0.855. The molecule has 1 aromatic rings. The maximum absolute atomic E-state index is 11.9. The first-order valence-electron chi connectivity index (χ1n) is 7.74. The molecule has 0 saturated heterocycles. The highest BCUT2D eigenvalue weighted by Crippen LogP contribution is 2.28. The Morgan fingerprint density at radius 1 is 1.38 bits per heavy atom. The molecule has 4 heteroatoms. The summed E-state index contributed by atoms with van der Waals surface area (Å²) in [5, 5.41) is 3.63. The number of hydrogen-bond donors (Lipinski definition) is 1. The second kappa shape index (κ2) is 8.40. The van der Waals surface area contributed by atoms with Gasteiger partial charge in [0.2, 0.25) is 5.91 Å². The van der Waals surface area contributed by atoms with Crippen molar-refractivity contribution in [1.29, 1.82) is 0 Å². The topological polar surface area (TPSA) is 38.3 Å². The predicted octanol–water partition coefficient (Wildman–Crippen LogP) is 4.11. The molecule has 1 saturated carbocycles. The van der Waals surface area contributed by atoms with Gasteiger partial charge in [-0.15, -0.1) is 0 Å². The summed E-state index contributed by atoms with van der Waals surface area (Å²) < 4.78 is 5.45. The molecule has 21 heavy (non-hydrogen) atoms. The van der Waals surface area contributed by atoms with E-state index in [1.807, 2.05) is 24.3 Å². The van der Waals surface area contributed by atoms with Crippen LogP contribution >= 0.6 is 11.6 Å². The van der Waals surface area contributed by atoms with E-state index in [0.29, 0.717) is 18.0 Å². The van der Waals surface area contributed by atoms with E-state index in [2.05, 4.69) is 5.32 Å². The van der Waals surface area contributed by atoms with E-state index in [9.17, 15) is 4.79 Å². The minimum Gasteiger partial charge on any atom is -0.375 e. The smallest absolute Gasteiger partial charge is 0.220 e. The highest BCUT2D eigenvalue weighted by Gasteiger charge is 2.18. The van der Waals surface area contributed by atoms with Crippen molar-refractivity contribution < 1.29 is 9.53 Å². The lowest BCUT2D eigenvalue weighted by molar-refractivity contribution is -0.122. The van der Waals surface area contributed by atoms with Gasteiger partial charge in [-0.2, -0.15) is 0 Å². The van der Waals surface area contributed by atoms with Crippen molar-refractivity contribution in [3.63, 3.8) is 0 Å². The van der Waals surface area contributed by atoms with E-state index in [4.69, 9.17) is 16.3 Å². The number of halogens is 1. The normalized spacial score (nSPS) is 16.9. The van der Waals surface area contributed by atoms with E-state index >= 15 is 0 Å². The van der Waals surface area contributed by atoms with Gasteiger partial charge in [0.05, 0.1) is 0 Å². The fourth-order valence-corrected chi connectivity index (χ4v) is 3.24. The largest absolute Gasteiger partial charge is 0.375 e. The van der Waals surface area contributed by atoms with Crippen molar-refractivity contribution in [3.8, 4) is 0 Å². The monoisotopic (exact) mass is 309 g/mol. The molecule has 116 valence electrons. The molecule has 0 radical (unpaired) electrons. The molecule has 1 amide bonds. The summed E-state index contributed by atoms with van der Waals surface area (Å²) in [6, 6.07) is 7.58. The Bertz CT molecular complexity index is 458. The van der Waals surface area contributed by atoms with Crippen LogP contribution in [0.25, 0.3) is 0 Å². The molecule has 0 heterocycles. The number of benzene rings is 1. The first-order valence-corrected chi connectivity index (χ1v) is 8.12. The molecule has 1 fully saturated rings. The number of methoxy groups -OCH3 is 1. The average molecular weight is 310 g/mol. The minimum absolute atomic E-state index is 0.107. The molecule has 0 bridgehead atoms. The number of hydrogen-bond acceptors (Lipinski definition) is 2. The van der Waals surface area contributed by atoms with E-state index < -0.39 is 0 Å². The molecule has 1 unspecified atom stereocenters. The van der Waals surface area contributed by atoms with Crippen LogP contribution in [0.3, 0.4) is 0 Å². The Kier molecular flexibility index (Phi) is 6.52. The van der Waals surface area contributed by atoms with Crippen LogP contribution in [0.1, 0.15) is 50.2 Å². The Morgan fingerprint density at radius 3 is 2.76 bits per heavy atom. The van der Waals surface area contributed by atoms with Gasteiger partial charge in [-0.1, -0.05) is 55.5 Å². The second-order valence-corrected chi connectivity index (χ2v) is 6.15.